The van der Waals surface area contributed by atoms with Gasteiger partial charge >= 0.3 is 13.6 Å². The molecule has 7 nitrogen and oxygen atoms in total. The third-order valence-corrected chi connectivity index (χ3v) is 4.88. The highest BCUT2D eigenvalue weighted by Gasteiger charge is 2.30. The van der Waals surface area contributed by atoms with E-state index in [1.165, 1.54) is 20.3 Å². The van der Waals surface area contributed by atoms with Crippen molar-refractivity contribution in [3.05, 3.63) is 11.6 Å². The molecule has 1 atom stereocenters. The van der Waals surface area contributed by atoms with E-state index in [-0.39, 0.29) is 12.8 Å². The second-order valence-electron chi connectivity index (χ2n) is 5.59. The van der Waals surface area contributed by atoms with Gasteiger partial charge in [0.1, 0.15) is 6.04 Å². The molecule has 1 amide bonds. The zero-order chi connectivity index (χ0) is 17.4. The molecule has 0 aliphatic rings. The van der Waals surface area contributed by atoms with Gasteiger partial charge in [0, 0.05) is 14.2 Å². The Labute approximate surface area is 131 Å². The van der Waals surface area contributed by atoms with E-state index in [0.717, 1.165) is 0 Å². The molecule has 0 fully saturated rings. The van der Waals surface area contributed by atoms with Gasteiger partial charge in [-0.2, -0.15) is 0 Å². The zero-order valence-corrected chi connectivity index (χ0v) is 14.9. The predicted molar refractivity (Wildman–Crippen MR) is 83.7 cm³/mol. The second kappa shape index (κ2) is 9.08. The number of hydrogen-bond acceptors (Lipinski definition) is 6. The van der Waals surface area contributed by atoms with E-state index < -0.39 is 25.0 Å². The Morgan fingerprint density at radius 1 is 1.27 bits per heavy atom. The van der Waals surface area contributed by atoms with Crippen LogP contribution in [0.3, 0.4) is 0 Å². The molecular weight excluding hydrogens is 309 g/mol. The minimum Gasteiger partial charge on any atom is -0.464 e. The van der Waals surface area contributed by atoms with Crippen molar-refractivity contribution in [2.75, 3.05) is 27.0 Å². The summed E-state index contributed by atoms with van der Waals surface area (Å²) < 4.78 is 27.2. The van der Waals surface area contributed by atoms with Crippen LogP contribution in [0.15, 0.2) is 11.6 Å². The molecule has 0 bridgehead atoms. The SMILES string of the molecule is CCOC(=O)C(/C=C(/CP(=O)(OC)OC)C(C)(C)C)NC=O. The molecule has 0 saturated heterocycles. The first-order valence-electron chi connectivity index (χ1n) is 6.91. The molecule has 0 aromatic carbocycles. The maximum absolute atomic E-state index is 12.4. The van der Waals surface area contributed by atoms with Crippen LogP contribution >= 0.6 is 7.60 Å². The molecule has 1 unspecified atom stereocenters. The van der Waals surface area contributed by atoms with Crippen LogP contribution in [0.25, 0.3) is 0 Å². The van der Waals surface area contributed by atoms with Gasteiger partial charge in [-0.25, -0.2) is 4.79 Å². The maximum atomic E-state index is 12.4. The first-order chi connectivity index (χ1) is 10.1. The van der Waals surface area contributed by atoms with Gasteiger partial charge in [-0.05, 0) is 12.3 Å². The molecule has 0 aromatic heterocycles. The average molecular weight is 335 g/mol. The molecule has 1 N–H and O–H groups in total. The lowest BCUT2D eigenvalue weighted by Gasteiger charge is -2.27. The Balaban J connectivity index is 5.59. The van der Waals surface area contributed by atoms with Crippen molar-refractivity contribution in [1.82, 2.24) is 5.32 Å². The summed E-state index contributed by atoms with van der Waals surface area (Å²) in [4.78, 5) is 22.6. The Hall–Kier alpha value is -1.17. The van der Waals surface area contributed by atoms with E-state index in [4.69, 9.17) is 13.8 Å². The van der Waals surface area contributed by atoms with Crippen LogP contribution in [-0.2, 0) is 27.9 Å². The largest absolute Gasteiger partial charge is 0.464 e. The van der Waals surface area contributed by atoms with Crippen molar-refractivity contribution in [2.45, 2.75) is 33.7 Å². The quantitative estimate of drug-likeness (QED) is 0.300. The summed E-state index contributed by atoms with van der Waals surface area (Å²) in [6, 6.07) is -0.950. The van der Waals surface area contributed by atoms with Crippen molar-refractivity contribution >= 4 is 20.0 Å². The van der Waals surface area contributed by atoms with Crippen molar-refractivity contribution < 1.29 is 27.9 Å². The van der Waals surface area contributed by atoms with Crippen LogP contribution in [0.5, 0.6) is 0 Å². The van der Waals surface area contributed by atoms with Gasteiger partial charge < -0.3 is 19.1 Å². The summed E-state index contributed by atoms with van der Waals surface area (Å²) in [6.45, 7) is 7.57. The van der Waals surface area contributed by atoms with Crippen LogP contribution in [0.1, 0.15) is 27.7 Å². The molecule has 8 heteroatoms. The normalized spacial score (nSPS) is 14.4. The topological polar surface area (TPSA) is 90.9 Å². The summed E-state index contributed by atoms with van der Waals surface area (Å²) in [6.07, 6.45) is 1.97. The summed E-state index contributed by atoms with van der Waals surface area (Å²) >= 11 is 0. The van der Waals surface area contributed by atoms with Crippen LogP contribution in [0, 0.1) is 5.41 Å². The Morgan fingerprint density at radius 2 is 1.82 bits per heavy atom. The molecule has 0 aliphatic carbocycles. The average Bonchev–Trinajstić information content (AvgIpc) is 2.44. The molecular formula is C14H26NO6P. The van der Waals surface area contributed by atoms with Gasteiger partial charge in [-0.3, -0.25) is 9.36 Å². The second-order valence-corrected chi connectivity index (χ2v) is 7.86. The van der Waals surface area contributed by atoms with E-state index in [0.29, 0.717) is 12.0 Å². The molecule has 22 heavy (non-hydrogen) atoms. The van der Waals surface area contributed by atoms with E-state index in [2.05, 4.69) is 5.32 Å². The molecule has 0 rings (SSSR count). The third kappa shape index (κ3) is 6.73. The van der Waals surface area contributed by atoms with Gasteiger partial charge in [0.25, 0.3) is 0 Å². The van der Waals surface area contributed by atoms with E-state index >= 15 is 0 Å². The Morgan fingerprint density at radius 3 is 2.18 bits per heavy atom. The number of rotatable bonds is 9. The molecule has 0 saturated carbocycles. The van der Waals surface area contributed by atoms with Gasteiger partial charge in [-0.1, -0.05) is 32.4 Å². The molecule has 0 aliphatic heterocycles. The molecule has 128 valence electrons. The smallest absolute Gasteiger partial charge is 0.334 e. The number of hydrogen-bond donors (Lipinski definition) is 1. The van der Waals surface area contributed by atoms with Gasteiger partial charge in [0.05, 0.1) is 12.8 Å². The fraction of sp³-hybridized carbons (Fsp3) is 0.714. The maximum Gasteiger partial charge on any atom is 0.334 e. The monoisotopic (exact) mass is 335 g/mol. The van der Waals surface area contributed by atoms with Crippen molar-refractivity contribution in [3.8, 4) is 0 Å². The van der Waals surface area contributed by atoms with Gasteiger partial charge in [0.15, 0.2) is 0 Å². The third-order valence-electron chi connectivity index (χ3n) is 3.04. The van der Waals surface area contributed by atoms with Crippen LogP contribution in [0.2, 0.25) is 0 Å². The summed E-state index contributed by atoms with van der Waals surface area (Å²) in [5.74, 6) is -0.582. The first-order valence-corrected chi connectivity index (χ1v) is 8.64. The number of allylic oxidation sites excluding steroid dienone is 1. The van der Waals surface area contributed by atoms with Crippen molar-refractivity contribution in [1.29, 1.82) is 0 Å². The zero-order valence-electron chi connectivity index (χ0n) is 14.0. The number of carbonyl (C=O) groups excluding carboxylic acids is 2. The first kappa shape index (κ1) is 20.8. The minimum absolute atomic E-state index is 0.0138. The highest BCUT2D eigenvalue weighted by atomic mass is 31.2. The predicted octanol–water partition coefficient (Wildman–Crippen LogP) is 2.12. The number of ether oxygens (including phenoxy) is 1. The van der Waals surface area contributed by atoms with Crippen LogP contribution in [-0.4, -0.2) is 45.4 Å². The summed E-state index contributed by atoms with van der Waals surface area (Å²) in [5.41, 5.74) is 0.258. The number of nitrogens with one attached hydrogen (secondary N) is 1. The number of amides is 1. The lowest BCUT2D eigenvalue weighted by Crippen LogP contribution is -2.36. The van der Waals surface area contributed by atoms with E-state index in [1.807, 2.05) is 20.8 Å². The van der Waals surface area contributed by atoms with Gasteiger partial charge in [0.2, 0.25) is 6.41 Å². The minimum atomic E-state index is -3.29. The fourth-order valence-electron chi connectivity index (χ4n) is 1.64. The van der Waals surface area contributed by atoms with E-state index in [9.17, 15) is 14.2 Å². The number of carbonyl (C=O) groups is 2. The fourth-order valence-corrected chi connectivity index (χ4v) is 3.05. The van der Waals surface area contributed by atoms with Crippen molar-refractivity contribution in [2.24, 2.45) is 5.41 Å². The lowest BCUT2D eigenvalue weighted by atomic mass is 9.86. The Kier molecular flexibility index (Phi) is 8.60. The molecule has 0 spiro atoms. The highest BCUT2D eigenvalue weighted by molar-refractivity contribution is 7.54. The van der Waals surface area contributed by atoms with Crippen LogP contribution in [0.4, 0.5) is 0 Å². The standard InChI is InChI=1S/C14H26NO6P/c1-7-21-13(17)12(15-10-16)8-11(14(2,3)4)9-22(18,19-5)20-6/h8,10,12H,7,9H2,1-6H3,(H,15,16)/b11-8-. The number of esters is 1. The Bertz CT molecular complexity index is 447. The van der Waals surface area contributed by atoms with Crippen LogP contribution < -0.4 is 5.32 Å². The van der Waals surface area contributed by atoms with E-state index in [1.54, 1.807) is 6.92 Å². The highest BCUT2D eigenvalue weighted by Crippen LogP contribution is 2.50. The van der Waals surface area contributed by atoms with Gasteiger partial charge in [-0.15, -0.1) is 0 Å². The van der Waals surface area contributed by atoms with Crippen molar-refractivity contribution in [3.63, 3.8) is 0 Å². The molecule has 0 aromatic rings. The summed E-state index contributed by atoms with van der Waals surface area (Å²) in [7, 11) is -0.686. The molecule has 0 radical (unpaired) electrons. The lowest BCUT2D eigenvalue weighted by molar-refractivity contribution is -0.145. The summed E-state index contributed by atoms with van der Waals surface area (Å²) in [5, 5.41) is 2.39. The molecule has 0 heterocycles.